The smallest absolute Gasteiger partial charge is 0.274 e. The Kier molecular flexibility index (Phi) is 5.59. The van der Waals surface area contributed by atoms with E-state index in [4.69, 9.17) is 4.74 Å². The van der Waals surface area contributed by atoms with Crippen LogP contribution in [0.1, 0.15) is 29.5 Å². The average Bonchev–Trinajstić information content (AvgIpc) is 2.95. The summed E-state index contributed by atoms with van der Waals surface area (Å²) in [5, 5.41) is 5.80. The van der Waals surface area contributed by atoms with E-state index in [-0.39, 0.29) is 35.1 Å². The molecule has 3 rings (SSSR count). The summed E-state index contributed by atoms with van der Waals surface area (Å²) >= 11 is 0. The van der Waals surface area contributed by atoms with Gasteiger partial charge in [-0.3, -0.25) is 4.79 Å². The van der Waals surface area contributed by atoms with Crippen molar-refractivity contribution in [3.05, 3.63) is 41.7 Å². The van der Waals surface area contributed by atoms with Gasteiger partial charge >= 0.3 is 0 Å². The second kappa shape index (κ2) is 7.91. The fraction of sp³-hybridized carbons (Fsp3) is 0.389. The second-order valence-electron chi connectivity index (χ2n) is 6.37. The summed E-state index contributed by atoms with van der Waals surface area (Å²) in [6.07, 6.45) is 0.507. The molecule has 1 amide bonds. The van der Waals surface area contributed by atoms with E-state index in [1.807, 2.05) is 6.92 Å². The summed E-state index contributed by atoms with van der Waals surface area (Å²) in [7, 11) is -3.01. The first-order chi connectivity index (χ1) is 12.8. The molecule has 9 heteroatoms. The highest BCUT2D eigenvalue weighted by Crippen LogP contribution is 2.18. The third-order valence-corrected chi connectivity index (χ3v) is 5.84. The van der Waals surface area contributed by atoms with Crippen molar-refractivity contribution >= 4 is 27.4 Å². The molecule has 0 saturated carbocycles. The standard InChI is InChI=1S/C18H22N4O4S/c1-3-26-15-6-4-13(5-7-15)20-17(23)16-10-12(2)19-18(22-16)21-14-8-9-27(24,25)11-14/h4-7,10,14H,3,8-9,11H2,1-2H3,(H,20,23)(H,19,21,22). The van der Waals surface area contributed by atoms with Gasteiger partial charge in [-0.05, 0) is 50.6 Å². The normalized spacial score (nSPS) is 18.1. The lowest BCUT2D eigenvalue weighted by Crippen LogP contribution is -2.23. The zero-order valence-corrected chi connectivity index (χ0v) is 16.0. The molecule has 144 valence electrons. The quantitative estimate of drug-likeness (QED) is 0.776. The van der Waals surface area contributed by atoms with Crippen LogP contribution >= 0.6 is 0 Å². The molecule has 27 heavy (non-hydrogen) atoms. The zero-order chi connectivity index (χ0) is 19.4. The lowest BCUT2D eigenvalue weighted by Gasteiger charge is -2.12. The highest BCUT2D eigenvalue weighted by Gasteiger charge is 2.28. The van der Waals surface area contributed by atoms with Gasteiger partial charge in [0.25, 0.3) is 5.91 Å². The predicted molar refractivity (Wildman–Crippen MR) is 103 cm³/mol. The summed E-state index contributed by atoms with van der Waals surface area (Å²) in [6, 6.07) is 8.40. The molecule has 8 nitrogen and oxygen atoms in total. The molecule has 2 N–H and O–H groups in total. The van der Waals surface area contributed by atoms with Crippen LogP contribution in [-0.2, 0) is 9.84 Å². The summed E-state index contributed by atoms with van der Waals surface area (Å²) in [5.41, 5.74) is 1.45. The Hall–Kier alpha value is -2.68. The van der Waals surface area contributed by atoms with E-state index >= 15 is 0 Å². The van der Waals surface area contributed by atoms with E-state index in [0.29, 0.717) is 24.4 Å². The van der Waals surface area contributed by atoms with E-state index in [2.05, 4.69) is 20.6 Å². The number of nitrogens with zero attached hydrogens (tertiary/aromatic N) is 2. The van der Waals surface area contributed by atoms with Crippen LogP contribution in [0.15, 0.2) is 30.3 Å². The number of sulfone groups is 1. The molecule has 0 aliphatic carbocycles. The largest absolute Gasteiger partial charge is 0.494 e. The van der Waals surface area contributed by atoms with Crippen LogP contribution in [0, 0.1) is 6.92 Å². The molecule has 1 aliphatic rings. The summed E-state index contributed by atoms with van der Waals surface area (Å²) in [6.45, 7) is 4.23. The third kappa shape index (κ3) is 5.16. The molecule has 0 spiro atoms. The van der Waals surface area contributed by atoms with Crippen molar-refractivity contribution in [3.63, 3.8) is 0 Å². The van der Waals surface area contributed by atoms with Crippen LogP contribution in [0.4, 0.5) is 11.6 Å². The number of aromatic nitrogens is 2. The molecule has 0 radical (unpaired) electrons. The molecular weight excluding hydrogens is 368 g/mol. The van der Waals surface area contributed by atoms with Crippen molar-refractivity contribution in [1.29, 1.82) is 0 Å². The fourth-order valence-electron chi connectivity index (χ4n) is 2.84. The number of anilines is 2. The van der Waals surface area contributed by atoms with Gasteiger partial charge in [0.2, 0.25) is 5.95 Å². The van der Waals surface area contributed by atoms with Gasteiger partial charge in [-0.1, -0.05) is 0 Å². The Balaban J connectivity index is 1.70. The van der Waals surface area contributed by atoms with E-state index in [9.17, 15) is 13.2 Å². The van der Waals surface area contributed by atoms with E-state index < -0.39 is 9.84 Å². The Bertz CT molecular complexity index is 929. The number of amides is 1. The maximum atomic E-state index is 12.5. The van der Waals surface area contributed by atoms with Crippen LogP contribution in [-0.4, -0.2) is 48.4 Å². The zero-order valence-electron chi connectivity index (χ0n) is 15.2. The Morgan fingerprint density at radius 2 is 2.00 bits per heavy atom. The Morgan fingerprint density at radius 3 is 2.63 bits per heavy atom. The van der Waals surface area contributed by atoms with Crippen LogP contribution in [0.5, 0.6) is 5.75 Å². The number of aryl methyl sites for hydroxylation is 1. The van der Waals surface area contributed by atoms with Crippen molar-refractivity contribution < 1.29 is 17.9 Å². The van der Waals surface area contributed by atoms with Crippen molar-refractivity contribution in [2.75, 3.05) is 28.7 Å². The molecule has 1 atom stereocenters. The van der Waals surface area contributed by atoms with Gasteiger partial charge in [-0.15, -0.1) is 0 Å². The van der Waals surface area contributed by atoms with Gasteiger partial charge < -0.3 is 15.4 Å². The lowest BCUT2D eigenvalue weighted by atomic mass is 10.2. The molecule has 1 fully saturated rings. The number of ether oxygens (including phenoxy) is 1. The minimum atomic E-state index is -3.01. The van der Waals surface area contributed by atoms with Gasteiger partial charge in [0, 0.05) is 17.4 Å². The monoisotopic (exact) mass is 390 g/mol. The second-order valence-corrected chi connectivity index (χ2v) is 8.60. The van der Waals surface area contributed by atoms with E-state index in [1.165, 1.54) is 0 Å². The molecule has 2 heterocycles. The van der Waals surface area contributed by atoms with E-state index in [0.717, 1.165) is 5.75 Å². The van der Waals surface area contributed by atoms with Gasteiger partial charge in [0.15, 0.2) is 9.84 Å². The summed E-state index contributed by atoms with van der Waals surface area (Å²) in [4.78, 5) is 21.0. The number of nitrogens with one attached hydrogen (secondary N) is 2. The average molecular weight is 390 g/mol. The van der Waals surface area contributed by atoms with Gasteiger partial charge in [0.1, 0.15) is 11.4 Å². The van der Waals surface area contributed by atoms with Gasteiger partial charge in [0.05, 0.1) is 18.1 Å². The van der Waals surface area contributed by atoms with Gasteiger partial charge in [-0.2, -0.15) is 0 Å². The molecule has 1 aliphatic heterocycles. The van der Waals surface area contributed by atoms with Crippen LogP contribution in [0.25, 0.3) is 0 Å². The first kappa shape index (κ1) is 19.1. The van der Waals surface area contributed by atoms with Crippen molar-refractivity contribution in [1.82, 2.24) is 9.97 Å². The minimum absolute atomic E-state index is 0.0536. The SMILES string of the molecule is CCOc1ccc(NC(=O)c2cc(C)nc(NC3CCS(=O)(=O)C3)n2)cc1. The first-order valence-electron chi connectivity index (χ1n) is 8.71. The predicted octanol–water partition coefficient (Wildman–Crippen LogP) is 2.04. The van der Waals surface area contributed by atoms with Crippen LogP contribution < -0.4 is 15.4 Å². The molecule has 1 aromatic carbocycles. The maximum absolute atomic E-state index is 12.5. The maximum Gasteiger partial charge on any atom is 0.274 e. The van der Waals surface area contributed by atoms with Gasteiger partial charge in [-0.25, -0.2) is 18.4 Å². The number of carbonyl (C=O) groups excluding carboxylic acids is 1. The molecule has 1 aromatic heterocycles. The molecular formula is C18H22N4O4S. The Labute approximate surface area is 158 Å². The topological polar surface area (TPSA) is 110 Å². The Morgan fingerprint density at radius 1 is 1.26 bits per heavy atom. The number of hydrogen-bond donors (Lipinski definition) is 2. The minimum Gasteiger partial charge on any atom is -0.494 e. The molecule has 1 unspecified atom stereocenters. The van der Waals surface area contributed by atoms with Crippen LogP contribution in [0.3, 0.4) is 0 Å². The summed E-state index contributed by atoms with van der Waals surface area (Å²) in [5.74, 6) is 0.826. The van der Waals surface area contributed by atoms with Crippen molar-refractivity contribution in [2.24, 2.45) is 0 Å². The third-order valence-electron chi connectivity index (χ3n) is 4.08. The molecule has 0 bridgehead atoms. The van der Waals surface area contributed by atoms with Crippen molar-refractivity contribution in [3.8, 4) is 5.75 Å². The highest BCUT2D eigenvalue weighted by molar-refractivity contribution is 7.91. The van der Waals surface area contributed by atoms with E-state index in [1.54, 1.807) is 37.3 Å². The fourth-order valence-corrected chi connectivity index (χ4v) is 4.51. The lowest BCUT2D eigenvalue weighted by molar-refractivity contribution is 0.102. The summed E-state index contributed by atoms with van der Waals surface area (Å²) < 4.78 is 28.6. The number of hydrogen-bond acceptors (Lipinski definition) is 7. The molecule has 2 aromatic rings. The number of benzene rings is 1. The number of rotatable bonds is 6. The highest BCUT2D eigenvalue weighted by atomic mass is 32.2. The molecule has 1 saturated heterocycles. The number of carbonyl (C=O) groups is 1. The van der Waals surface area contributed by atoms with Crippen molar-refractivity contribution in [2.45, 2.75) is 26.3 Å². The first-order valence-corrected chi connectivity index (χ1v) is 10.5. The van der Waals surface area contributed by atoms with Crippen LogP contribution in [0.2, 0.25) is 0 Å².